The summed E-state index contributed by atoms with van der Waals surface area (Å²) in [4.78, 5) is 18.1. The number of hydrogen-bond donors (Lipinski definition) is 1. The van der Waals surface area contributed by atoms with Crippen LogP contribution in [0.3, 0.4) is 0 Å². The van der Waals surface area contributed by atoms with Crippen LogP contribution in [0.2, 0.25) is 0 Å². The van der Waals surface area contributed by atoms with Crippen molar-refractivity contribution < 1.29 is 13.7 Å². The van der Waals surface area contributed by atoms with Gasteiger partial charge in [-0.1, -0.05) is 32.3 Å². The van der Waals surface area contributed by atoms with E-state index in [1.165, 1.54) is 39.2 Å². The van der Waals surface area contributed by atoms with Gasteiger partial charge in [-0.05, 0) is 25.0 Å². The smallest absolute Gasteiger partial charge is 0.337 e. The highest BCUT2D eigenvalue weighted by atomic mass is 32.2. The molecule has 3 rings (SSSR count). The first-order chi connectivity index (χ1) is 12.6. The summed E-state index contributed by atoms with van der Waals surface area (Å²) in [7, 11) is -0.0546. The van der Waals surface area contributed by atoms with Gasteiger partial charge in [-0.2, -0.15) is 0 Å². The molecule has 0 bridgehead atoms. The summed E-state index contributed by atoms with van der Waals surface area (Å²) < 4.78 is 20.4. The minimum atomic E-state index is -1.40. The quantitative estimate of drug-likeness (QED) is 0.745. The van der Waals surface area contributed by atoms with Crippen molar-refractivity contribution in [3.05, 3.63) is 35.0 Å². The summed E-state index contributed by atoms with van der Waals surface area (Å²) in [6, 6.07) is 5.21. The van der Waals surface area contributed by atoms with E-state index < -0.39 is 17.0 Å². The Morgan fingerprint density at radius 1 is 1.35 bits per heavy atom. The van der Waals surface area contributed by atoms with Gasteiger partial charge in [0.1, 0.15) is 11.0 Å². The summed E-state index contributed by atoms with van der Waals surface area (Å²) in [5.74, 6) is 0.109. The van der Waals surface area contributed by atoms with E-state index in [1.54, 1.807) is 23.5 Å². The summed E-state index contributed by atoms with van der Waals surface area (Å²) >= 11 is 1.67. The fourth-order valence-electron chi connectivity index (χ4n) is 3.28. The van der Waals surface area contributed by atoms with Crippen molar-refractivity contribution in [1.82, 2.24) is 9.71 Å². The van der Waals surface area contributed by atoms with Gasteiger partial charge in [-0.15, -0.1) is 11.3 Å². The Labute approximate surface area is 160 Å². The lowest BCUT2D eigenvalue weighted by atomic mass is 9.90. The van der Waals surface area contributed by atoms with Crippen LogP contribution >= 0.6 is 11.3 Å². The summed E-state index contributed by atoms with van der Waals surface area (Å²) in [5, 5.41) is 1.16. The van der Waals surface area contributed by atoms with Gasteiger partial charge in [0, 0.05) is 24.2 Å². The maximum absolute atomic E-state index is 12.6. The first kappa shape index (κ1) is 19.2. The highest BCUT2D eigenvalue weighted by Crippen LogP contribution is 2.38. The topological polar surface area (TPSA) is 68.3 Å². The lowest BCUT2D eigenvalue weighted by molar-refractivity contribution is 0.0600. The van der Waals surface area contributed by atoms with Crippen molar-refractivity contribution in [3.8, 4) is 10.4 Å². The molecule has 1 aliphatic carbocycles. The molecule has 2 aromatic rings. The number of aromatic nitrogens is 1. The molecule has 0 radical (unpaired) electrons. The third-order valence-electron chi connectivity index (χ3n) is 4.62. The van der Waals surface area contributed by atoms with E-state index in [0.29, 0.717) is 22.9 Å². The number of ether oxygens (including phenoxy) is 1. The number of nitrogens with zero attached hydrogens (tertiary/aromatic N) is 1. The number of benzene rings is 1. The zero-order valence-electron chi connectivity index (χ0n) is 15.1. The Bertz CT molecular complexity index is 798. The second-order valence-electron chi connectivity index (χ2n) is 6.37. The Balaban J connectivity index is 1.96. The zero-order valence-corrected chi connectivity index (χ0v) is 16.8. The molecule has 140 valence electrons. The minimum Gasteiger partial charge on any atom is -0.465 e. The fraction of sp³-hybridized carbons (Fsp3) is 0.474. The number of esters is 1. The summed E-state index contributed by atoms with van der Waals surface area (Å²) in [6.07, 6.45) is 8.12. The van der Waals surface area contributed by atoms with Gasteiger partial charge >= 0.3 is 5.97 Å². The molecule has 0 amide bonds. The van der Waals surface area contributed by atoms with Crippen molar-refractivity contribution in [1.29, 1.82) is 0 Å². The molecule has 7 heteroatoms. The van der Waals surface area contributed by atoms with E-state index in [-0.39, 0.29) is 0 Å². The number of hydrogen-bond acceptors (Lipinski definition) is 5. The average Bonchev–Trinajstić information content (AvgIpc) is 3.18. The SMILES string of the molecule is CCNS(=O)c1cc(C(=O)OC)ccc1-c1cnc(C2CCCCC2)s1. The molecule has 0 spiro atoms. The predicted octanol–water partition coefficient (Wildman–Crippen LogP) is 4.28. The molecule has 0 aliphatic heterocycles. The summed E-state index contributed by atoms with van der Waals surface area (Å²) in [5.41, 5.74) is 1.26. The Morgan fingerprint density at radius 3 is 2.81 bits per heavy atom. The lowest BCUT2D eigenvalue weighted by Crippen LogP contribution is -2.17. The van der Waals surface area contributed by atoms with Crippen molar-refractivity contribution in [3.63, 3.8) is 0 Å². The minimum absolute atomic E-state index is 0.398. The van der Waals surface area contributed by atoms with Crippen LogP contribution in [-0.4, -0.2) is 28.8 Å². The fourth-order valence-corrected chi connectivity index (χ4v) is 5.50. The van der Waals surface area contributed by atoms with Crippen LogP contribution in [0.4, 0.5) is 0 Å². The molecule has 1 aromatic carbocycles. The van der Waals surface area contributed by atoms with Crippen molar-refractivity contribution in [2.75, 3.05) is 13.7 Å². The molecular formula is C19H24N2O3S2. The van der Waals surface area contributed by atoms with Crippen LogP contribution in [0.1, 0.15) is 60.3 Å². The molecule has 26 heavy (non-hydrogen) atoms. The number of carbonyl (C=O) groups excluding carboxylic acids is 1. The van der Waals surface area contributed by atoms with Crippen LogP contribution in [0.25, 0.3) is 10.4 Å². The van der Waals surface area contributed by atoms with Crippen LogP contribution in [-0.2, 0) is 15.7 Å². The maximum Gasteiger partial charge on any atom is 0.337 e. The zero-order chi connectivity index (χ0) is 18.5. The molecule has 1 atom stereocenters. The molecule has 1 aromatic heterocycles. The Kier molecular flexibility index (Phi) is 6.56. The molecule has 1 N–H and O–H groups in total. The largest absolute Gasteiger partial charge is 0.465 e. The second-order valence-corrected chi connectivity index (χ2v) is 8.70. The van der Waals surface area contributed by atoms with Crippen molar-refractivity contribution in [2.24, 2.45) is 0 Å². The first-order valence-electron chi connectivity index (χ1n) is 8.97. The number of rotatable bonds is 6. The van der Waals surface area contributed by atoms with Crippen molar-refractivity contribution >= 4 is 28.3 Å². The molecule has 5 nitrogen and oxygen atoms in total. The van der Waals surface area contributed by atoms with Gasteiger partial charge in [0.25, 0.3) is 0 Å². The molecule has 1 heterocycles. The highest BCUT2D eigenvalue weighted by Gasteiger charge is 2.21. The second kappa shape index (κ2) is 8.88. The number of thiazole rings is 1. The molecular weight excluding hydrogens is 368 g/mol. The standard InChI is InChI=1S/C19H24N2O3S2/c1-3-21-26(23)17-11-14(19(22)24-2)9-10-15(17)16-12-20-18(25-16)13-7-5-4-6-8-13/h9-13,21H,3-8H2,1-2H3. The predicted molar refractivity (Wildman–Crippen MR) is 105 cm³/mol. The van der Waals surface area contributed by atoms with Crippen LogP contribution in [0, 0.1) is 0 Å². The monoisotopic (exact) mass is 392 g/mol. The molecule has 1 unspecified atom stereocenters. The maximum atomic E-state index is 12.6. The first-order valence-corrected chi connectivity index (χ1v) is 10.9. The summed E-state index contributed by atoms with van der Waals surface area (Å²) in [6.45, 7) is 2.47. The molecule has 1 saturated carbocycles. The van der Waals surface area contributed by atoms with E-state index in [0.717, 1.165) is 15.4 Å². The van der Waals surface area contributed by atoms with E-state index >= 15 is 0 Å². The normalized spacial score (nSPS) is 16.4. The van der Waals surface area contributed by atoms with Gasteiger partial charge in [-0.3, -0.25) is 0 Å². The van der Waals surface area contributed by atoms with Gasteiger partial charge in [0.05, 0.1) is 27.5 Å². The third-order valence-corrected chi connectivity index (χ3v) is 7.10. The molecule has 0 saturated heterocycles. The van der Waals surface area contributed by atoms with Gasteiger partial charge in [-0.25, -0.2) is 18.7 Å². The van der Waals surface area contributed by atoms with Gasteiger partial charge in [0.15, 0.2) is 0 Å². The van der Waals surface area contributed by atoms with Crippen LogP contribution < -0.4 is 4.72 Å². The van der Waals surface area contributed by atoms with Crippen LogP contribution in [0.5, 0.6) is 0 Å². The van der Waals surface area contributed by atoms with E-state index in [4.69, 9.17) is 4.74 Å². The lowest BCUT2D eigenvalue weighted by Gasteiger charge is -2.18. The van der Waals surface area contributed by atoms with E-state index in [1.807, 2.05) is 19.2 Å². The Morgan fingerprint density at radius 2 is 2.12 bits per heavy atom. The Hall–Kier alpha value is -1.57. The van der Waals surface area contributed by atoms with E-state index in [2.05, 4.69) is 9.71 Å². The molecule has 1 fully saturated rings. The number of nitrogens with one attached hydrogen (secondary N) is 1. The average molecular weight is 393 g/mol. The number of carbonyl (C=O) groups is 1. The molecule has 1 aliphatic rings. The van der Waals surface area contributed by atoms with E-state index in [9.17, 15) is 9.00 Å². The third kappa shape index (κ3) is 4.22. The van der Waals surface area contributed by atoms with Crippen LogP contribution in [0.15, 0.2) is 29.3 Å². The van der Waals surface area contributed by atoms with Crippen molar-refractivity contribution in [2.45, 2.75) is 49.8 Å². The van der Waals surface area contributed by atoms with Gasteiger partial charge in [0.2, 0.25) is 0 Å². The number of methoxy groups -OCH3 is 1. The highest BCUT2D eigenvalue weighted by molar-refractivity contribution is 7.83. The van der Waals surface area contributed by atoms with Gasteiger partial charge < -0.3 is 4.74 Å².